The van der Waals surface area contributed by atoms with Crippen molar-refractivity contribution >= 4 is 5.97 Å². The van der Waals surface area contributed by atoms with Crippen molar-refractivity contribution in [1.29, 1.82) is 5.26 Å². The minimum atomic E-state index is -0.404. The van der Waals surface area contributed by atoms with Crippen molar-refractivity contribution in [2.75, 3.05) is 7.11 Å². The summed E-state index contributed by atoms with van der Waals surface area (Å²) in [4.78, 5) is 26.4. The highest BCUT2D eigenvalue weighted by atomic mass is 16.5. The highest BCUT2D eigenvalue weighted by Crippen LogP contribution is 2.33. The fourth-order valence-corrected chi connectivity index (χ4v) is 2.89. The molecule has 0 aliphatic heterocycles. The molecule has 5 heteroatoms. The third kappa shape index (κ3) is 3.13. The Labute approximate surface area is 150 Å². The van der Waals surface area contributed by atoms with Crippen molar-refractivity contribution in [3.8, 4) is 28.3 Å². The van der Waals surface area contributed by atoms with E-state index in [1.165, 1.54) is 7.11 Å². The Balaban J connectivity index is 2.18. The maximum atomic E-state index is 12.1. The molecule has 0 amide bonds. The molecule has 1 N–H and O–H groups in total. The van der Waals surface area contributed by atoms with Crippen LogP contribution in [0.3, 0.4) is 0 Å². The number of H-pyrrole nitrogens is 1. The fraction of sp³-hybridized carbons (Fsp3) is 0.0952. The van der Waals surface area contributed by atoms with Gasteiger partial charge in [-0.15, -0.1) is 0 Å². The first-order valence-corrected chi connectivity index (χ1v) is 7.97. The fourth-order valence-electron chi connectivity index (χ4n) is 2.89. The second-order valence-corrected chi connectivity index (χ2v) is 5.80. The summed E-state index contributed by atoms with van der Waals surface area (Å²) in [5.74, 6) is -0.401. The van der Waals surface area contributed by atoms with Gasteiger partial charge < -0.3 is 9.72 Å². The molecule has 1 aromatic heterocycles. The van der Waals surface area contributed by atoms with Crippen LogP contribution < -0.4 is 5.56 Å². The number of aryl methyl sites for hydroxylation is 1. The van der Waals surface area contributed by atoms with Crippen LogP contribution in [0.5, 0.6) is 0 Å². The third-order valence-electron chi connectivity index (χ3n) is 4.11. The number of carbonyl (C=O) groups is 1. The average Bonchev–Trinajstić information content (AvgIpc) is 2.67. The third-order valence-corrected chi connectivity index (χ3v) is 4.11. The molecule has 26 heavy (non-hydrogen) atoms. The van der Waals surface area contributed by atoms with E-state index in [-0.39, 0.29) is 5.56 Å². The zero-order valence-electron chi connectivity index (χ0n) is 14.4. The average molecular weight is 344 g/mol. The zero-order valence-corrected chi connectivity index (χ0v) is 14.4. The Morgan fingerprint density at radius 2 is 1.69 bits per heavy atom. The highest BCUT2D eigenvalue weighted by Gasteiger charge is 2.15. The monoisotopic (exact) mass is 344 g/mol. The molecule has 128 valence electrons. The number of ether oxygens (including phenoxy) is 1. The molecule has 0 fully saturated rings. The van der Waals surface area contributed by atoms with Crippen molar-refractivity contribution in [1.82, 2.24) is 4.98 Å². The maximum Gasteiger partial charge on any atom is 0.337 e. The Bertz CT molecular complexity index is 1070. The van der Waals surface area contributed by atoms with Crippen LogP contribution >= 0.6 is 0 Å². The van der Waals surface area contributed by atoms with Crippen molar-refractivity contribution in [3.05, 3.63) is 81.8 Å². The van der Waals surface area contributed by atoms with E-state index in [4.69, 9.17) is 4.74 Å². The Morgan fingerprint density at radius 1 is 1.04 bits per heavy atom. The summed E-state index contributed by atoms with van der Waals surface area (Å²) in [6.45, 7) is 1.78. The van der Waals surface area contributed by atoms with Crippen LogP contribution in [0.25, 0.3) is 22.3 Å². The normalized spacial score (nSPS) is 10.2. The lowest BCUT2D eigenvalue weighted by Gasteiger charge is -2.12. The summed E-state index contributed by atoms with van der Waals surface area (Å²) in [6, 6.07) is 18.3. The van der Waals surface area contributed by atoms with Gasteiger partial charge in [-0.05, 0) is 41.8 Å². The van der Waals surface area contributed by atoms with Gasteiger partial charge in [0.1, 0.15) is 11.6 Å². The number of methoxy groups -OCH3 is 1. The molecule has 3 aromatic rings. The molecule has 2 aromatic carbocycles. The lowest BCUT2D eigenvalue weighted by atomic mass is 9.92. The molecular formula is C21H16N2O3. The van der Waals surface area contributed by atoms with Gasteiger partial charge in [0.2, 0.25) is 0 Å². The van der Waals surface area contributed by atoms with Crippen LogP contribution in [0.1, 0.15) is 21.6 Å². The van der Waals surface area contributed by atoms with Crippen LogP contribution in [0, 0.1) is 18.3 Å². The molecule has 0 saturated heterocycles. The van der Waals surface area contributed by atoms with Gasteiger partial charge in [-0.25, -0.2) is 4.79 Å². The minimum absolute atomic E-state index is 0.0780. The standard InChI is InChI=1S/C21H16N2O3/c1-13-11-18(19(12-22)20(24)23-13)17-6-4-3-5-16(17)14-7-9-15(10-8-14)21(25)26-2/h3-11H,1-2H3,(H,23,24). The molecule has 0 bridgehead atoms. The highest BCUT2D eigenvalue weighted by molar-refractivity contribution is 5.91. The van der Waals surface area contributed by atoms with Crippen LogP contribution in [-0.2, 0) is 4.74 Å². The summed E-state index contributed by atoms with van der Waals surface area (Å²) in [6.07, 6.45) is 0. The summed E-state index contributed by atoms with van der Waals surface area (Å²) in [5.41, 5.74) is 3.91. The first-order chi connectivity index (χ1) is 12.5. The number of nitriles is 1. The van der Waals surface area contributed by atoms with Gasteiger partial charge in [-0.1, -0.05) is 36.4 Å². The molecule has 0 unspecified atom stereocenters. The van der Waals surface area contributed by atoms with Gasteiger partial charge in [0.05, 0.1) is 12.7 Å². The van der Waals surface area contributed by atoms with Gasteiger partial charge in [0, 0.05) is 11.3 Å². The largest absolute Gasteiger partial charge is 0.465 e. The van der Waals surface area contributed by atoms with Crippen molar-refractivity contribution in [2.24, 2.45) is 0 Å². The van der Waals surface area contributed by atoms with Crippen LogP contribution in [0.4, 0.5) is 0 Å². The Hall–Kier alpha value is -3.65. The number of esters is 1. The summed E-state index contributed by atoms with van der Waals surface area (Å²) >= 11 is 0. The zero-order chi connectivity index (χ0) is 18.7. The van der Waals surface area contributed by atoms with Gasteiger partial charge in [-0.3, -0.25) is 4.79 Å². The first-order valence-electron chi connectivity index (χ1n) is 7.97. The number of nitrogens with one attached hydrogen (secondary N) is 1. The molecule has 5 nitrogen and oxygen atoms in total. The van der Waals surface area contributed by atoms with Gasteiger partial charge in [0.15, 0.2) is 0 Å². The van der Waals surface area contributed by atoms with Crippen molar-refractivity contribution in [3.63, 3.8) is 0 Å². The first kappa shape index (κ1) is 17.2. The number of nitrogens with zero attached hydrogens (tertiary/aromatic N) is 1. The number of carbonyl (C=O) groups excluding carboxylic acids is 1. The molecule has 1 heterocycles. The van der Waals surface area contributed by atoms with E-state index in [1.54, 1.807) is 25.1 Å². The smallest absolute Gasteiger partial charge is 0.337 e. The van der Waals surface area contributed by atoms with E-state index in [2.05, 4.69) is 4.98 Å². The lowest BCUT2D eigenvalue weighted by molar-refractivity contribution is 0.0601. The van der Waals surface area contributed by atoms with E-state index in [0.29, 0.717) is 16.8 Å². The number of hydrogen-bond acceptors (Lipinski definition) is 4. The minimum Gasteiger partial charge on any atom is -0.465 e. The number of aromatic amines is 1. The Morgan fingerprint density at radius 3 is 2.31 bits per heavy atom. The second-order valence-electron chi connectivity index (χ2n) is 5.80. The predicted octanol–water partition coefficient (Wildman–Crippen LogP) is 3.68. The molecule has 0 saturated carbocycles. The number of aromatic nitrogens is 1. The van der Waals surface area contributed by atoms with Gasteiger partial charge in [0.25, 0.3) is 5.56 Å². The topological polar surface area (TPSA) is 83.0 Å². The Kier molecular flexibility index (Phi) is 4.68. The van der Waals surface area contributed by atoms with E-state index >= 15 is 0 Å². The molecule has 0 spiro atoms. The van der Waals surface area contributed by atoms with E-state index in [0.717, 1.165) is 16.7 Å². The lowest BCUT2D eigenvalue weighted by Crippen LogP contribution is -2.12. The molecule has 0 atom stereocenters. The number of benzene rings is 2. The van der Waals surface area contributed by atoms with Crippen molar-refractivity contribution in [2.45, 2.75) is 6.92 Å². The number of pyridine rings is 1. The van der Waals surface area contributed by atoms with E-state index in [1.807, 2.05) is 42.5 Å². The maximum absolute atomic E-state index is 12.1. The van der Waals surface area contributed by atoms with E-state index < -0.39 is 11.5 Å². The van der Waals surface area contributed by atoms with E-state index in [9.17, 15) is 14.9 Å². The molecular weight excluding hydrogens is 328 g/mol. The van der Waals surface area contributed by atoms with Crippen molar-refractivity contribution < 1.29 is 9.53 Å². The van der Waals surface area contributed by atoms with Crippen LogP contribution in [0.15, 0.2) is 59.4 Å². The SMILES string of the molecule is COC(=O)c1ccc(-c2ccccc2-c2cc(C)[nH]c(=O)c2C#N)cc1. The van der Waals surface area contributed by atoms with Gasteiger partial charge >= 0.3 is 5.97 Å². The molecule has 0 aliphatic carbocycles. The molecule has 0 aliphatic rings. The van der Waals surface area contributed by atoms with Crippen LogP contribution in [0.2, 0.25) is 0 Å². The summed E-state index contributed by atoms with van der Waals surface area (Å²) in [7, 11) is 1.34. The quantitative estimate of drug-likeness (QED) is 0.735. The van der Waals surface area contributed by atoms with Crippen LogP contribution in [-0.4, -0.2) is 18.1 Å². The predicted molar refractivity (Wildman–Crippen MR) is 98.7 cm³/mol. The number of hydrogen-bond donors (Lipinski definition) is 1. The summed E-state index contributed by atoms with van der Waals surface area (Å²) < 4.78 is 4.72. The van der Waals surface area contributed by atoms with Gasteiger partial charge in [-0.2, -0.15) is 5.26 Å². The molecule has 0 radical (unpaired) electrons. The summed E-state index contributed by atoms with van der Waals surface area (Å²) in [5, 5.41) is 9.42. The molecule has 3 rings (SSSR count). The number of rotatable bonds is 3. The second kappa shape index (κ2) is 7.08.